The first kappa shape index (κ1) is 14.8. The van der Waals surface area contributed by atoms with Gasteiger partial charge < -0.3 is 0 Å². The van der Waals surface area contributed by atoms with E-state index in [1.54, 1.807) is 6.07 Å². The molecule has 1 atom stereocenters. The zero-order chi connectivity index (χ0) is 13.8. The molecule has 0 saturated heterocycles. The van der Waals surface area contributed by atoms with Gasteiger partial charge in [-0.15, -0.1) is 0 Å². The topological polar surface area (TPSA) is 38.0 Å². The fourth-order valence-electron chi connectivity index (χ4n) is 1.89. The van der Waals surface area contributed by atoms with Gasteiger partial charge in [0.1, 0.15) is 0 Å². The Hall–Kier alpha value is -0.580. The summed E-state index contributed by atoms with van der Waals surface area (Å²) in [5.74, 6) is 5.65. The van der Waals surface area contributed by atoms with E-state index in [9.17, 15) is 0 Å². The molecule has 0 aliphatic heterocycles. The van der Waals surface area contributed by atoms with E-state index < -0.39 is 0 Å². The van der Waals surface area contributed by atoms with Crippen molar-refractivity contribution in [3.63, 3.8) is 0 Å². The van der Waals surface area contributed by atoms with Crippen molar-refractivity contribution in [2.24, 2.45) is 5.84 Å². The highest BCUT2D eigenvalue weighted by molar-refractivity contribution is 9.10. The molecule has 0 aliphatic carbocycles. The Balaban J connectivity index is 2.25. The van der Waals surface area contributed by atoms with Gasteiger partial charge in [-0.05, 0) is 35.7 Å². The summed E-state index contributed by atoms with van der Waals surface area (Å²) in [6.45, 7) is 0. The minimum absolute atomic E-state index is 0.0199. The molecule has 0 heterocycles. The second-order valence-corrected chi connectivity index (χ2v) is 5.86. The van der Waals surface area contributed by atoms with Crippen LogP contribution in [-0.4, -0.2) is 0 Å². The number of benzene rings is 2. The molecular weight excluding hydrogens is 347 g/mol. The van der Waals surface area contributed by atoms with Crippen LogP contribution in [0.15, 0.2) is 46.9 Å². The molecule has 2 aromatic rings. The fourth-order valence-corrected chi connectivity index (χ4v) is 2.64. The lowest BCUT2D eigenvalue weighted by Gasteiger charge is -2.17. The molecule has 1 unspecified atom stereocenters. The molecule has 0 fully saturated rings. The summed E-state index contributed by atoms with van der Waals surface area (Å²) in [4.78, 5) is 0. The lowest BCUT2D eigenvalue weighted by atomic mass is 9.99. The number of halogens is 3. The second-order valence-electron chi connectivity index (χ2n) is 4.19. The summed E-state index contributed by atoms with van der Waals surface area (Å²) >= 11 is 15.5. The van der Waals surface area contributed by atoms with Gasteiger partial charge in [-0.3, -0.25) is 11.3 Å². The SMILES string of the molecule is NNC(Cc1ccccc1Br)c1ccc(Cl)c(Cl)c1. The standard InChI is InChI=1S/C14H13BrCl2N2/c15-11-4-2-1-3-9(11)8-14(19-18)10-5-6-12(16)13(17)7-10/h1-7,14,19H,8,18H2. The van der Waals surface area contributed by atoms with Crippen LogP contribution in [0.1, 0.15) is 17.2 Å². The molecule has 0 aromatic heterocycles. The van der Waals surface area contributed by atoms with Crippen LogP contribution >= 0.6 is 39.1 Å². The van der Waals surface area contributed by atoms with Gasteiger partial charge in [-0.2, -0.15) is 0 Å². The van der Waals surface area contributed by atoms with Crippen LogP contribution in [0.3, 0.4) is 0 Å². The third-order valence-corrected chi connectivity index (χ3v) is 4.44. The molecule has 0 amide bonds. The van der Waals surface area contributed by atoms with E-state index in [1.165, 1.54) is 5.56 Å². The molecule has 0 bridgehead atoms. The normalized spacial score (nSPS) is 12.4. The van der Waals surface area contributed by atoms with Crippen molar-refractivity contribution in [1.82, 2.24) is 5.43 Å². The van der Waals surface area contributed by atoms with E-state index in [-0.39, 0.29) is 6.04 Å². The van der Waals surface area contributed by atoms with E-state index >= 15 is 0 Å². The van der Waals surface area contributed by atoms with Gasteiger partial charge in [0.15, 0.2) is 0 Å². The van der Waals surface area contributed by atoms with Crippen LogP contribution in [0.25, 0.3) is 0 Å². The first-order valence-corrected chi connectivity index (χ1v) is 7.31. The predicted octanol–water partition coefficient (Wildman–Crippen LogP) is 4.50. The average Bonchev–Trinajstić information content (AvgIpc) is 2.41. The highest BCUT2D eigenvalue weighted by atomic mass is 79.9. The number of hydrogen-bond donors (Lipinski definition) is 2. The summed E-state index contributed by atoms with van der Waals surface area (Å²) < 4.78 is 1.07. The first-order chi connectivity index (χ1) is 9.11. The number of hydrogen-bond acceptors (Lipinski definition) is 2. The Morgan fingerprint density at radius 2 is 1.84 bits per heavy atom. The van der Waals surface area contributed by atoms with Gasteiger partial charge in [0, 0.05) is 4.47 Å². The fraction of sp³-hybridized carbons (Fsp3) is 0.143. The van der Waals surface area contributed by atoms with Crippen molar-refractivity contribution in [1.29, 1.82) is 0 Å². The van der Waals surface area contributed by atoms with Crippen LogP contribution in [0.2, 0.25) is 10.0 Å². The Morgan fingerprint density at radius 3 is 2.47 bits per heavy atom. The lowest BCUT2D eigenvalue weighted by molar-refractivity contribution is 0.551. The number of nitrogens with two attached hydrogens (primary N) is 1. The van der Waals surface area contributed by atoms with Crippen LogP contribution in [-0.2, 0) is 6.42 Å². The largest absolute Gasteiger partial charge is 0.271 e. The second kappa shape index (κ2) is 6.73. The Bertz CT molecular complexity index is 575. The van der Waals surface area contributed by atoms with E-state index in [1.807, 2.05) is 30.3 Å². The summed E-state index contributed by atoms with van der Waals surface area (Å²) in [5.41, 5.74) is 5.00. The van der Waals surface area contributed by atoms with Crippen molar-refractivity contribution < 1.29 is 0 Å². The highest BCUT2D eigenvalue weighted by Gasteiger charge is 2.13. The van der Waals surface area contributed by atoms with Crippen molar-refractivity contribution in [3.05, 3.63) is 68.1 Å². The van der Waals surface area contributed by atoms with E-state index in [4.69, 9.17) is 29.0 Å². The number of rotatable bonds is 4. The van der Waals surface area contributed by atoms with Crippen molar-refractivity contribution in [2.75, 3.05) is 0 Å². The van der Waals surface area contributed by atoms with Gasteiger partial charge >= 0.3 is 0 Å². The van der Waals surface area contributed by atoms with E-state index in [2.05, 4.69) is 27.4 Å². The molecule has 0 spiro atoms. The molecule has 0 aliphatic rings. The Morgan fingerprint density at radius 1 is 1.11 bits per heavy atom. The molecule has 0 saturated carbocycles. The highest BCUT2D eigenvalue weighted by Crippen LogP contribution is 2.28. The zero-order valence-corrected chi connectivity index (χ0v) is 13.1. The van der Waals surface area contributed by atoms with Crippen LogP contribution in [0.4, 0.5) is 0 Å². The maximum absolute atomic E-state index is 6.04. The molecule has 2 aromatic carbocycles. The zero-order valence-electron chi connectivity index (χ0n) is 10.0. The smallest absolute Gasteiger partial charge is 0.0595 e. The van der Waals surface area contributed by atoms with Gasteiger partial charge in [0.05, 0.1) is 16.1 Å². The Labute approximate surface area is 131 Å². The summed E-state index contributed by atoms with van der Waals surface area (Å²) in [7, 11) is 0. The van der Waals surface area contributed by atoms with Gasteiger partial charge in [0.2, 0.25) is 0 Å². The maximum atomic E-state index is 6.04. The van der Waals surface area contributed by atoms with Crippen molar-refractivity contribution in [2.45, 2.75) is 12.5 Å². The van der Waals surface area contributed by atoms with Crippen LogP contribution in [0.5, 0.6) is 0 Å². The molecule has 19 heavy (non-hydrogen) atoms. The van der Waals surface area contributed by atoms with Gasteiger partial charge in [-0.1, -0.05) is 63.4 Å². The molecule has 5 heteroatoms. The molecule has 2 rings (SSSR count). The molecule has 3 N–H and O–H groups in total. The third-order valence-electron chi connectivity index (χ3n) is 2.93. The number of nitrogens with one attached hydrogen (secondary N) is 1. The summed E-state index contributed by atoms with van der Waals surface area (Å²) in [6.07, 6.45) is 0.760. The van der Waals surface area contributed by atoms with E-state index in [0.717, 1.165) is 16.5 Å². The average molecular weight is 360 g/mol. The molecule has 0 radical (unpaired) electrons. The van der Waals surface area contributed by atoms with Crippen LogP contribution < -0.4 is 11.3 Å². The minimum atomic E-state index is -0.0199. The molecule has 100 valence electrons. The minimum Gasteiger partial charge on any atom is -0.271 e. The van der Waals surface area contributed by atoms with Gasteiger partial charge in [-0.25, -0.2) is 0 Å². The predicted molar refractivity (Wildman–Crippen MR) is 84.4 cm³/mol. The van der Waals surface area contributed by atoms with Gasteiger partial charge in [0.25, 0.3) is 0 Å². The molecule has 2 nitrogen and oxygen atoms in total. The number of hydrazine groups is 1. The van der Waals surface area contributed by atoms with Crippen molar-refractivity contribution >= 4 is 39.1 Å². The first-order valence-electron chi connectivity index (χ1n) is 5.76. The van der Waals surface area contributed by atoms with Crippen molar-refractivity contribution in [3.8, 4) is 0 Å². The monoisotopic (exact) mass is 358 g/mol. The maximum Gasteiger partial charge on any atom is 0.0595 e. The summed E-state index contributed by atoms with van der Waals surface area (Å²) in [5, 5.41) is 1.08. The third kappa shape index (κ3) is 3.71. The lowest BCUT2D eigenvalue weighted by Crippen LogP contribution is -2.29. The Kier molecular flexibility index (Phi) is 5.25. The quantitative estimate of drug-likeness (QED) is 0.622. The summed E-state index contributed by atoms with van der Waals surface area (Å²) in [6, 6.07) is 13.6. The van der Waals surface area contributed by atoms with E-state index in [0.29, 0.717) is 10.0 Å². The molecular formula is C14H13BrCl2N2. The van der Waals surface area contributed by atoms with Crippen LogP contribution in [0, 0.1) is 0 Å².